The Bertz CT molecular complexity index is 391. The predicted molar refractivity (Wildman–Crippen MR) is 62.8 cm³/mol. The van der Waals surface area contributed by atoms with Crippen molar-refractivity contribution in [3.05, 3.63) is 29.8 Å². The van der Waals surface area contributed by atoms with E-state index < -0.39 is 0 Å². The first-order valence-corrected chi connectivity index (χ1v) is 5.60. The van der Waals surface area contributed by atoms with Crippen LogP contribution >= 0.6 is 0 Å². The molecule has 1 atom stereocenters. The molecule has 1 aromatic rings. The number of rotatable bonds is 2. The molecule has 1 aromatic carbocycles. The second-order valence-electron chi connectivity index (χ2n) is 4.01. The zero-order chi connectivity index (χ0) is 12.3. The van der Waals surface area contributed by atoms with Crippen LogP contribution in [0.5, 0.6) is 5.75 Å². The van der Waals surface area contributed by atoms with Gasteiger partial charge in [-0.25, -0.2) is 0 Å². The lowest BCUT2D eigenvalue weighted by atomic mass is 10.1. The maximum absolute atomic E-state index is 12.2. The number of phenolic OH excluding ortho intramolecular Hbond substituents is 1. The Morgan fingerprint density at radius 1 is 1.47 bits per heavy atom. The van der Waals surface area contributed by atoms with Crippen molar-refractivity contribution in [1.29, 1.82) is 0 Å². The highest BCUT2D eigenvalue weighted by Gasteiger charge is 2.26. The van der Waals surface area contributed by atoms with Gasteiger partial charge in [-0.2, -0.15) is 0 Å². The van der Waals surface area contributed by atoms with E-state index in [9.17, 15) is 9.90 Å². The summed E-state index contributed by atoms with van der Waals surface area (Å²) in [5.74, 6) is 0.0858. The van der Waals surface area contributed by atoms with Crippen LogP contribution in [0.1, 0.15) is 10.4 Å². The molecule has 0 bridgehead atoms. The number of hydrogen-bond donors (Lipinski definition) is 2. The molecule has 5 heteroatoms. The third kappa shape index (κ3) is 2.57. The number of benzene rings is 1. The zero-order valence-electron chi connectivity index (χ0n) is 9.50. The molecule has 0 radical (unpaired) electrons. The standard InChI is InChI=1S/C12H16N2O3/c13-7-10-8-17-6-5-14(10)12(16)9-1-3-11(15)4-2-9/h1-4,10,15H,5-8,13H2. The molecule has 17 heavy (non-hydrogen) atoms. The van der Waals surface area contributed by atoms with Gasteiger partial charge in [-0.15, -0.1) is 0 Å². The molecule has 1 aliphatic heterocycles. The number of aromatic hydroxyl groups is 1. The van der Waals surface area contributed by atoms with Crippen molar-refractivity contribution in [2.24, 2.45) is 5.73 Å². The van der Waals surface area contributed by atoms with Gasteiger partial charge in [0.25, 0.3) is 5.91 Å². The summed E-state index contributed by atoms with van der Waals surface area (Å²) in [6, 6.07) is 6.17. The van der Waals surface area contributed by atoms with Crippen molar-refractivity contribution in [2.45, 2.75) is 6.04 Å². The summed E-state index contributed by atoms with van der Waals surface area (Å²) in [4.78, 5) is 13.9. The fourth-order valence-corrected chi connectivity index (χ4v) is 1.89. The molecule has 0 spiro atoms. The van der Waals surface area contributed by atoms with Gasteiger partial charge in [-0.1, -0.05) is 0 Å². The molecule has 1 unspecified atom stereocenters. The van der Waals surface area contributed by atoms with Crippen LogP contribution in [0, 0.1) is 0 Å². The summed E-state index contributed by atoms with van der Waals surface area (Å²) in [6.07, 6.45) is 0. The average molecular weight is 236 g/mol. The highest BCUT2D eigenvalue weighted by Crippen LogP contribution is 2.15. The smallest absolute Gasteiger partial charge is 0.254 e. The molecule has 1 saturated heterocycles. The van der Waals surface area contributed by atoms with Crippen LogP contribution in [0.3, 0.4) is 0 Å². The number of carbonyl (C=O) groups excluding carboxylic acids is 1. The van der Waals surface area contributed by atoms with Gasteiger partial charge in [0.2, 0.25) is 0 Å². The first kappa shape index (κ1) is 11.9. The molecule has 3 N–H and O–H groups in total. The Hall–Kier alpha value is -1.59. The van der Waals surface area contributed by atoms with E-state index in [1.807, 2.05) is 0 Å². The molecule has 0 saturated carbocycles. The first-order valence-electron chi connectivity index (χ1n) is 5.60. The Labute approximate surface area is 99.8 Å². The summed E-state index contributed by atoms with van der Waals surface area (Å²) < 4.78 is 5.29. The second kappa shape index (κ2) is 5.16. The van der Waals surface area contributed by atoms with E-state index in [0.29, 0.717) is 31.9 Å². The largest absolute Gasteiger partial charge is 0.508 e. The fraction of sp³-hybridized carbons (Fsp3) is 0.417. The molecule has 0 aliphatic carbocycles. The summed E-state index contributed by atoms with van der Waals surface area (Å²) in [6.45, 7) is 1.98. The van der Waals surface area contributed by atoms with E-state index >= 15 is 0 Å². The summed E-state index contributed by atoms with van der Waals surface area (Å²) in [5.41, 5.74) is 6.18. The number of amides is 1. The lowest BCUT2D eigenvalue weighted by molar-refractivity contribution is 0.000839. The molecule has 1 fully saturated rings. The van der Waals surface area contributed by atoms with Gasteiger partial charge < -0.3 is 20.5 Å². The number of phenols is 1. The van der Waals surface area contributed by atoms with E-state index in [4.69, 9.17) is 10.5 Å². The molecule has 5 nitrogen and oxygen atoms in total. The Kier molecular flexibility index (Phi) is 3.61. The molecule has 92 valence electrons. The van der Waals surface area contributed by atoms with Crippen LogP contribution in [0.25, 0.3) is 0 Å². The first-order chi connectivity index (χ1) is 8.22. The molecule has 2 rings (SSSR count). The molecule has 1 heterocycles. The number of nitrogens with zero attached hydrogens (tertiary/aromatic N) is 1. The third-order valence-corrected chi connectivity index (χ3v) is 2.87. The summed E-state index contributed by atoms with van der Waals surface area (Å²) >= 11 is 0. The molecular weight excluding hydrogens is 220 g/mol. The van der Waals surface area contributed by atoms with Crippen molar-refractivity contribution in [2.75, 3.05) is 26.3 Å². The van der Waals surface area contributed by atoms with Gasteiger partial charge in [0.15, 0.2) is 0 Å². The molecule has 1 aliphatic rings. The van der Waals surface area contributed by atoms with Crippen molar-refractivity contribution in [1.82, 2.24) is 4.90 Å². The van der Waals surface area contributed by atoms with Gasteiger partial charge in [-0.05, 0) is 24.3 Å². The van der Waals surface area contributed by atoms with Crippen molar-refractivity contribution in [3.63, 3.8) is 0 Å². The number of hydrogen-bond acceptors (Lipinski definition) is 4. The average Bonchev–Trinajstić information content (AvgIpc) is 2.39. The fourth-order valence-electron chi connectivity index (χ4n) is 1.89. The van der Waals surface area contributed by atoms with Gasteiger partial charge >= 0.3 is 0 Å². The zero-order valence-corrected chi connectivity index (χ0v) is 9.50. The Morgan fingerprint density at radius 3 is 2.82 bits per heavy atom. The summed E-state index contributed by atoms with van der Waals surface area (Å²) in [7, 11) is 0. The van der Waals surface area contributed by atoms with E-state index in [1.165, 1.54) is 12.1 Å². The monoisotopic (exact) mass is 236 g/mol. The maximum Gasteiger partial charge on any atom is 0.254 e. The van der Waals surface area contributed by atoms with Crippen LogP contribution in [0.15, 0.2) is 24.3 Å². The number of morpholine rings is 1. The minimum absolute atomic E-state index is 0.0648. The maximum atomic E-state index is 12.2. The minimum Gasteiger partial charge on any atom is -0.508 e. The van der Waals surface area contributed by atoms with Crippen LogP contribution in [0.4, 0.5) is 0 Å². The minimum atomic E-state index is -0.0660. The lowest BCUT2D eigenvalue weighted by Gasteiger charge is -2.34. The van der Waals surface area contributed by atoms with Crippen molar-refractivity contribution >= 4 is 5.91 Å². The third-order valence-electron chi connectivity index (χ3n) is 2.87. The highest BCUT2D eigenvalue weighted by molar-refractivity contribution is 5.94. The predicted octanol–water partition coefficient (Wildman–Crippen LogP) is 0.192. The van der Waals surface area contributed by atoms with Crippen LogP contribution < -0.4 is 5.73 Å². The van der Waals surface area contributed by atoms with Crippen LogP contribution in [-0.2, 0) is 4.74 Å². The van der Waals surface area contributed by atoms with Crippen LogP contribution in [-0.4, -0.2) is 48.3 Å². The van der Waals surface area contributed by atoms with Gasteiger partial charge in [0, 0.05) is 18.7 Å². The van der Waals surface area contributed by atoms with Crippen molar-refractivity contribution in [3.8, 4) is 5.75 Å². The Balaban J connectivity index is 2.15. The van der Waals surface area contributed by atoms with E-state index in [2.05, 4.69) is 0 Å². The van der Waals surface area contributed by atoms with Gasteiger partial charge in [0.1, 0.15) is 5.75 Å². The van der Waals surface area contributed by atoms with Crippen LogP contribution in [0.2, 0.25) is 0 Å². The van der Waals surface area contributed by atoms with E-state index in [1.54, 1.807) is 17.0 Å². The quantitative estimate of drug-likeness (QED) is 0.768. The summed E-state index contributed by atoms with van der Waals surface area (Å²) in [5, 5.41) is 9.18. The van der Waals surface area contributed by atoms with Crippen molar-refractivity contribution < 1.29 is 14.6 Å². The van der Waals surface area contributed by atoms with E-state index in [0.717, 1.165) is 0 Å². The number of carbonyl (C=O) groups is 1. The number of nitrogens with two attached hydrogens (primary N) is 1. The van der Waals surface area contributed by atoms with Gasteiger partial charge in [0.05, 0.1) is 19.3 Å². The SMILES string of the molecule is NCC1COCCN1C(=O)c1ccc(O)cc1. The molecule has 0 aromatic heterocycles. The normalized spacial score (nSPS) is 20.3. The highest BCUT2D eigenvalue weighted by atomic mass is 16.5. The van der Waals surface area contributed by atoms with E-state index in [-0.39, 0.29) is 17.7 Å². The van der Waals surface area contributed by atoms with Gasteiger partial charge in [-0.3, -0.25) is 4.79 Å². The molecule has 1 amide bonds. The Morgan fingerprint density at radius 2 is 2.18 bits per heavy atom. The lowest BCUT2D eigenvalue weighted by Crippen LogP contribution is -2.52. The number of ether oxygens (including phenoxy) is 1. The second-order valence-corrected chi connectivity index (χ2v) is 4.01. The topological polar surface area (TPSA) is 75.8 Å². The molecular formula is C12H16N2O3.